The van der Waals surface area contributed by atoms with Gasteiger partial charge in [-0.25, -0.2) is 14.4 Å². The normalized spacial score (nSPS) is 13.2. The zero-order valence-corrected chi connectivity index (χ0v) is 11.7. The number of hydrogen-bond donors (Lipinski definition) is 2. The van der Waals surface area contributed by atoms with Gasteiger partial charge in [0.05, 0.1) is 16.8 Å². The third kappa shape index (κ3) is 1.72. The molecule has 0 spiro atoms. The highest BCUT2D eigenvalue weighted by atomic mass is 16.4. The number of Topliss-reactive ketones (excluding diaryl/α,β-unsaturated/α-hetero) is 1. The first-order valence-electron chi connectivity index (χ1n) is 6.88. The summed E-state index contributed by atoms with van der Waals surface area (Å²) in [6.07, 6.45) is -1.33. The monoisotopic (exact) mass is 306 g/mol. The molecule has 0 radical (unpaired) electrons. The standard InChI is InChI=1S/C17H10N2O4/c20-15-9-5-1-3-7-11(9)18-14(15)13-10-6-2-4-8-12(10)19(16(13)21)17(22)23/h1-8,21H,(H,22,23). The number of nitrogens with zero attached hydrogens (tertiary/aromatic N) is 2. The number of carbonyl (C=O) groups excluding carboxylic acids is 1. The van der Waals surface area contributed by atoms with Crippen LogP contribution < -0.4 is 0 Å². The maximum Gasteiger partial charge on any atom is 0.418 e. The Hall–Kier alpha value is -3.41. The summed E-state index contributed by atoms with van der Waals surface area (Å²) >= 11 is 0. The molecule has 112 valence electrons. The highest BCUT2D eigenvalue weighted by molar-refractivity contribution is 6.56. The van der Waals surface area contributed by atoms with Crippen LogP contribution in [-0.2, 0) is 0 Å². The Morgan fingerprint density at radius 3 is 2.48 bits per heavy atom. The van der Waals surface area contributed by atoms with Gasteiger partial charge in [0.2, 0.25) is 11.7 Å². The lowest BCUT2D eigenvalue weighted by Crippen LogP contribution is -2.12. The Kier molecular flexibility index (Phi) is 2.62. The number of carboxylic acid groups (broad SMARTS) is 1. The molecule has 1 aromatic heterocycles. The van der Waals surface area contributed by atoms with Gasteiger partial charge in [-0.05, 0) is 18.2 Å². The van der Waals surface area contributed by atoms with Gasteiger partial charge in [0.1, 0.15) is 5.71 Å². The second-order valence-corrected chi connectivity index (χ2v) is 5.14. The number of ketones is 1. The van der Waals surface area contributed by atoms with Crippen molar-refractivity contribution in [2.24, 2.45) is 4.99 Å². The molecule has 0 saturated heterocycles. The van der Waals surface area contributed by atoms with Crippen molar-refractivity contribution in [1.29, 1.82) is 0 Å². The van der Waals surface area contributed by atoms with E-state index in [9.17, 15) is 19.8 Å². The summed E-state index contributed by atoms with van der Waals surface area (Å²) in [5, 5.41) is 20.2. The van der Waals surface area contributed by atoms with E-state index in [1.807, 2.05) is 0 Å². The predicted octanol–water partition coefficient (Wildman–Crippen LogP) is 3.19. The molecule has 23 heavy (non-hydrogen) atoms. The van der Waals surface area contributed by atoms with Gasteiger partial charge < -0.3 is 10.2 Å². The number of benzene rings is 2. The average Bonchev–Trinajstić information content (AvgIpc) is 3.01. The van der Waals surface area contributed by atoms with E-state index in [1.54, 1.807) is 48.5 Å². The lowest BCUT2D eigenvalue weighted by atomic mass is 10.0. The molecule has 1 aliphatic rings. The molecule has 0 atom stereocenters. The molecule has 0 aliphatic carbocycles. The molecule has 2 N–H and O–H groups in total. The molecule has 2 aromatic carbocycles. The molecule has 0 unspecified atom stereocenters. The van der Waals surface area contributed by atoms with Gasteiger partial charge in [-0.2, -0.15) is 0 Å². The Bertz CT molecular complexity index is 1030. The Labute approximate surface area is 129 Å². The van der Waals surface area contributed by atoms with Crippen LogP contribution >= 0.6 is 0 Å². The van der Waals surface area contributed by atoms with Crippen molar-refractivity contribution in [3.05, 3.63) is 59.7 Å². The molecule has 4 rings (SSSR count). The largest absolute Gasteiger partial charge is 0.494 e. The second-order valence-electron chi connectivity index (χ2n) is 5.14. The van der Waals surface area contributed by atoms with E-state index in [1.165, 1.54) is 0 Å². The first-order valence-corrected chi connectivity index (χ1v) is 6.88. The van der Waals surface area contributed by atoms with E-state index in [0.717, 1.165) is 4.57 Å². The van der Waals surface area contributed by atoms with Gasteiger partial charge in [0.15, 0.2) is 0 Å². The van der Waals surface area contributed by atoms with Crippen LogP contribution in [0.3, 0.4) is 0 Å². The zero-order chi connectivity index (χ0) is 16.1. The molecule has 6 nitrogen and oxygen atoms in total. The number of carbonyl (C=O) groups is 2. The second kappa shape index (κ2) is 4.54. The molecule has 0 bridgehead atoms. The Morgan fingerprint density at radius 1 is 1.04 bits per heavy atom. The zero-order valence-electron chi connectivity index (χ0n) is 11.7. The van der Waals surface area contributed by atoms with Crippen molar-refractivity contribution in [3.8, 4) is 5.88 Å². The maximum atomic E-state index is 12.6. The lowest BCUT2D eigenvalue weighted by molar-refractivity contribution is 0.106. The van der Waals surface area contributed by atoms with Gasteiger partial charge in [0.25, 0.3) is 0 Å². The van der Waals surface area contributed by atoms with Gasteiger partial charge in [-0.15, -0.1) is 0 Å². The number of aliphatic imine (C=N–C) groups is 1. The summed E-state index contributed by atoms with van der Waals surface area (Å²) < 4.78 is 0.753. The van der Waals surface area contributed by atoms with Gasteiger partial charge >= 0.3 is 6.09 Å². The van der Waals surface area contributed by atoms with Crippen LogP contribution in [0.15, 0.2) is 53.5 Å². The minimum absolute atomic E-state index is 0.0555. The van der Waals surface area contributed by atoms with Crippen molar-refractivity contribution in [2.75, 3.05) is 0 Å². The molecular formula is C17H10N2O4. The first-order chi connectivity index (χ1) is 11.1. The Morgan fingerprint density at radius 2 is 1.74 bits per heavy atom. The summed E-state index contributed by atoms with van der Waals surface area (Å²) in [5.74, 6) is -0.831. The van der Waals surface area contributed by atoms with E-state index in [0.29, 0.717) is 22.2 Å². The van der Waals surface area contributed by atoms with Crippen molar-refractivity contribution < 1.29 is 19.8 Å². The first kappa shape index (κ1) is 13.3. The van der Waals surface area contributed by atoms with E-state index in [-0.39, 0.29) is 17.1 Å². The Balaban J connectivity index is 2.04. The quantitative estimate of drug-likeness (QED) is 0.722. The molecule has 0 fully saturated rings. The van der Waals surface area contributed by atoms with Crippen molar-refractivity contribution >= 4 is 34.2 Å². The van der Waals surface area contributed by atoms with Crippen LogP contribution in [0.1, 0.15) is 15.9 Å². The summed E-state index contributed by atoms with van der Waals surface area (Å²) in [7, 11) is 0. The average molecular weight is 306 g/mol. The van der Waals surface area contributed by atoms with Crippen LogP contribution in [-0.4, -0.2) is 32.4 Å². The van der Waals surface area contributed by atoms with E-state index < -0.39 is 12.0 Å². The fraction of sp³-hybridized carbons (Fsp3) is 0. The molecule has 0 saturated carbocycles. The third-order valence-electron chi connectivity index (χ3n) is 3.87. The van der Waals surface area contributed by atoms with Crippen molar-refractivity contribution in [3.63, 3.8) is 0 Å². The summed E-state index contributed by atoms with van der Waals surface area (Å²) in [4.78, 5) is 28.3. The predicted molar refractivity (Wildman–Crippen MR) is 84.0 cm³/mol. The van der Waals surface area contributed by atoms with Crippen LogP contribution in [0, 0.1) is 0 Å². The fourth-order valence-electron chi connectivity index (χ4n) is 2.88. The summed E-state index contributed by atoms with van der Waals surface area (Å²) in [6, 6.07) is 13.5. The molecule has 2 heterocycles. The minimum atomic E-state index is -1.33. The van der Waals surface area contributed by atoms with Crippen LogP contribution in [0.4, 0.5) is 10.5 Å². The highest BCUT2D eigenvalue weighted by Gasteiger charge is 2.32. The number of aromatic hydroxyl groups is 1. The van der Waals surface area contributed by atoms with Crippen molar-refractivity contribution in [2.45, 2.75) is 0 Å². The van der Waals surface area contributed by atoms with E-state index in [2.05, 4.69) is 4.99 Å². The topological polar surface area (TPSA) is 91.9 Å². The molecule has 1 aliphatic heterocycles. The van der Waals surface area contributed by atoms with Gasteiger partial charge in [-0.1, -0.05) is 30.3 Å². The number of hydrogen-bond acceptors (Lipinski definition) is 4. The van der Waals surface area contributed by atoms with Crippen LogP contribution in [0.5, 0.6) is 5.88 Å². The van der Waals surface area contributed by atoms with Crippen LogP contribution in [0.25, 0.3) is 10.9 Å². The molecular weight excluding hydrogens is 296 g/mol. The van der Waals surface area contributed by atoms with Gasteiger partial charge in [-0.3, -0.25) is 4.79 Å². The number of rotatable bonds is 1. The number of fused-ring (bicyclic) bond motifs is 2. The number of para-hydroxylation sites is 2. The smallest absolute Gasteiger partial charge is 0.418 e. The fourth-order valence-corrected chi connectivity index (χ4v) is 2.88. The third-order valence-corrected chi connectivity index (χ3v) is 3.87. The number of aromatic nitrogens is 1. The van der Waals surface area contributed by atoms with E-state index >= 15 is 0 Å². The molecule has 6 heteroatoms. The summed E-state index contributed by atoms with van der Waals surface area (Å²) in [6.45, 7) is 0. The van der Waals surface area contributed by atoms with E-state index in [4.69, 9.17) is 0 Å². The SMILES string of the molecule is O=C1C(c2c(O)n(C(=O)O)c3ccccc23)=Nc2ccccc21. The van der Waals surface area contributed by atoms with Crippen molar-refractivity contribution in [1.82, 2.24) is 4.57 Å². The minimum Gasteiger partial charge on any atom is -0.494 e. The molecule has 0 amide bonds. The maximum absolute atomic E-state index is 12.6. The van der Waals surface area contributed by atoms with Crippen LogP contribution in [0.2, 0.25) is 0 Å². The molecule has 3 aromatic rings. The summed E-state index contributed by atoms with van der Waals surface area (Å²) in [5.41, 5.74) is 1.45. The van der Waals surface area contributed by atoms with Gasteiger partial charge in [0, 0.05) is 10.9 Å². The highest BCUT2D eigenvalue weighted by Crippen LogP contribution is 2.36. The lowest BCUT2D eigenvalue weighted by Gasteiger charge is -2.00.